The molecule has 2 heterocycles. The topological polar surface area (TPSA) is 90.6 Å². The first-order chi connectivity index (χ1) is 16.5. The third kappa shape index (κ3) is 5.46. The van der Waals surface area contributed by atoms with Crippen LogP contribution in [0.15, 0.2) is 54.6 Å². The van der Waals surface area contributed by atoms with E-state index in [0.29, 0.717) is 23.9 Å². The number of piperidine rings is 1. The number of carbonyl (C=O) groups excluding carboxylic acids is 2. The van der Waals surface area contributed by atoms with Crippen molar-refractivity contribution in [2.24, 2.45) is 5.92 Å². The summed E-state index contributed by atoms with van der Waals surface area (Å²) in [6, 6.07) is 17.0. The highest BCUT2D eigenvalue weighted by atomic mass is 35.5. The Balaban J connectivity index is 1.32. The molecule has 0 spiro atoms. The molecule has 1 fully saturated rings. The largest absolute Gasteiger partial charge is 0.465 e. The van der Waals surface area contributed by atoms with Gasteiger partial charge in [0.15, 0.2) is 4.88 Å². The van der Waals surface area contributed by atoms with Gasteiger partial charge in [0, 0.05) is 31.0 Å². The fourth-order valence-corrected chi connectivity index (χ4v) is 5.27. The first kappa shape index (κ1) is 23.9. The number of nitrogens with zero attached hydrogens (tertiary/aromatic N) is 1. The van der Waals surface area contributed by atoms with Gasteiger partial charge in [0.05, 0.1) is 12.0 Å². The highest BCUT2D eigenvalue weighted by molar-refractivity contribution is 7.18. The minimum atomic E-state index is -0.679. The van der Waals surface area contributed by atoms with Crippen LogP contribution in [-0.4, -0.2) is 43.6 Å². The fourth-order valence-electron chi connectivity index (χ4n) is 3.91. The third-order valence-electron chi connectivity index (χ3n) is 5.83. The lowest BCUT2D eigenvalue weighted by atomic mass is 9.97. The van der Waals surface area contributed by atoms with Gasteiger partial charge in [-0.15, -0.1) is 11.3 Å². The highest BCUT2D eigenvalue weighted by Crippen LogP contribution is 2.45. The van der Waals surface area contributed by atoms with Gasteiger partial charge in [-0.05, 0) is 48.6 Å². The lowest BCUT2D eigenvalue weighted by Crippen LogP contribution is -2.42. The highest BCUT2D eigenvalue weighted by Gasteiger charge is 2.25. The Morgan fingerprint density at radius 3 is 2.50 bits per heavy atom. The van der Waals surface area contributed by atoms with Crippen LogP contribution in [0.2, 0.25) is 5.02 Å². The summed E-state index contributed by atoms with van der Waals surface area (Å²) >= 11 is 7.26. The SMILES string of the molecule is COC(=O)c1sc(-c2cccc(NCC3CCN(C(=O)Nc4ccccc4)CC3)c2)c(Cl)c1[O]. The van der Waals surface area contributed by atoms with Crippen molar-refractivity contribution in [3.63, 3.8) is 0 Å². The zero-order valence-corrected chi connectivity index (χ0v) is 20.2. The first-order valence-electron chi connectivity index (χ1n) is 11.0. The normalized spacial score (nSPS) is 14.0. The van der Waals surface area contributed by atoms with Crippen molar-refractivity contribution < 1.29 is 19.4 Å². The Bertz CT molecular complexity index is 1160. The summed E-state index contributed by atoms with van der Waals surface area (Å²) < 4.78 is 4.67. The van der Waals surface area contributed by atoms with Crippen LogP contribution in [0.1, 0.15) is 22.5 Å². The monoisotopic (exact) mass is 498 g/mol. The predicted octanol–water partition coefficient (Wildman–Crippen LogP) is 6.35. The number of urea groups is 1. The molecule has 0 bridgehead atoms. The average molecular weight is 499 g/mol. The van der Waals surface area contributed by atoms with Crippen LogP contribution in [0.4, 0.5) is 16.2 Å². The number of thiophene rings is 1. The number of benzene rings is 2. The van der Waals surface area contributed by atoms with Crippen LogP contribution in [0.25, 0.3) is 10.4 Å². The van der Waals surface area contributed by atoms with Crippen LogP contribution in [0.3, 0.4) is 0 Å². The summed E-state index contributed by atoms with van der Waals surface area (Å²) in [6.07, 6.45) is 1.82. The molecule has 2 N–H and O–H groups in total. The molecule has 1 aliphatic rings. The number of amides is 2. The molecule has 177 valence electrons. The summed E-state index contributed by atoms with van der Waals surface area (Å²) in [5.41, 5.74) is 2.46. The summed E-state index contributed by atoms with van der Waals surface area (Å²) in [7, 11) is 1.24. The molecular formula is C25H25ClN3O4S. The molecular weight excluding hydrogens is 474 g/mol. The minimum absolute atomic E-state index is 0.0241. The van der Waals surface area contributed by atoms with Crippen molar-refractivity contribution in [3.05, 3.63) is 64.5 Å². The van der Waals surface area contributed by atoms with E-state index in [1.807, 2.05) is 59.5 Å². The van der Waals surface area contributed by atoms with E-state index in [1.165, 1.54) is 7.11 Å². The minimum Gasteiger partial charge on any atom is -0.465 e. The van der Waals surface area contributed by atoms with E-state index in [-0.39, 0.29) is 15.9 Å². The molecule has 0 saturated carbocycles. The molecule has 34 heavy (non-hydrogen) atoms. The molecule has 0 unspecified atom stereocenters. The van der Waals surface area contributed by atoms with E-state index in [2.05, 4.69) is 15.4 Å². The van der Waals surface area contributed by atoms with Gasteiger partial charge in [0.2, 0.25) is 5.75 Å². The Kier molecular flexibility index (Phi) is 7.59. The van der Waals surface area contributed by atoms with Crippen LogP contribution in [-0.2, 0) is 9.84 Å². The van der Waals surface area contributed by atoms with E-state index in [0.717, 1.165) is 47.7 Å². The Morgan fingerprint density at radius 1 is 1.09 bits per heavy atom. The Hall–Kier alpha value is -3.23. The molecule has 0 atom stereocenters. The van der Waals surface area contributed by atoms with E-state index in [9.17, 15) is 14.7 Å². The molecule has 7 nitrogen and oxygen atoms in total. The second-order valence-electron chi connectivity index (χ2n) is 8.08. The molecule has 2 aromatic carbocycles. The number of hydrogen-bond acceptors (Lipinski definition) is 5. The number of rotatable bonds is 6. The summed E-state index contributed by atoms with van der Waals surface area (Å²) in [6.45, 7) is 2.19. The lowest BCUT2D eigenvalue weighted by Gasteiger charge is -2.32. The van der Waals surface area contributed by atoms with E-state index < -0.39 is 11.7 Å². The summed E-state index contributed by atoms with van der Waals surface area (Å²) in [5.74, 6) is -0.745. The predicted molar refractivity (Wildman–Crippen MR) is 134 cm³/mol. The maximum atomic E-state index is 12.5. The molecule has 1 radical (unpaired) electrons. The molecule has 9 heteroatoms. The van der Waals surface area contributed by atoms with Gasteiger partial charge in [-0.1, -0.05) is 41.9 Å². The van der Waals surface area contributed by atoms with Crippen LogP contribution in [0, 0.1) is 5.92 Å². The Labute approximate surface area is 207 Å². The number of hydrogen-bond donors (Lipinski definition) is 2. The van der Waals surface area contributed by atoms with E-state index in [4.69, 9.17) is 11.6 Å². The van der Waals surface area contributed by atoms with Crippen molar-refractivity contribution in [2.75, 3.05) is 37.4 Å². The van der Waals surface area contributed by atoms with Gasteiger partial charge in [0.1, 0.15) is 5.02 Å². The quantitative estimate of drug-likeness (QED) is 0.387. The Morgan fingerprint density at radius 2 is 1.79 bits per heavy atom. The zero-order valence-electron chi connectivity index (χ0n) is 18.7. The van der Waals surface area contributed by atoms with Crippen LogP contribution >= 0.6 is 22.9 Å². The number of esters is 1. The number of likely N-dealkylation sites (tertiary alicyclic amines) is 1. The van der Waals surface area contributed by atoms with Gasteiger partial charge in [-0.25, -0.2) is 9.59 Å². The maximum Gasteiger partial charge on any atom is 0.352 e. The molecule has 3 aromatic rings. The standard InChI is InChI=1S/C25H25ClN3O4S/c1-33-24(31)23-21(30)20(26)22(34-23)17-6-5-9-19(14-17)27-15-16-10-12-29(13-11-16)25(32)28-18-7-3-2-4-8-18/h2-9,14,16,27H,10-13,15H2,1H3,(H,28,32). The number of nitrogens with one attached hydrogen (secondary N) is 2. The number of halogens is 1. The first-order valence-corrected chi connectivity index (χ1v) is 12.2. The van der Waals surface area contributed by atoms with Gasteiger partial charge in [-0.2, -0.15) is 0 Å². The van der Waals surface area contributed by atoms with Crippen molar-refractivity contribution in [3.8, 4) is 16.2 Å². The van der Waals surface area contributed by atoms with E-state index in [1.54, 1.807) is 0 Å². The molecule has 1 saturated heterocycles. The number of carbonyl (C=O) groups is 2. The van der Waals surface area contributed by atoms with Crippen molar-refractivity contribution in [1.82, 2.24) is 4.90 Å². The van der Waals surface area contributed by atoms with Crippen LogP contribution < -0.4 is 10.6 Å². The van der Waals surface area contributed by atoms with Crippen LogP contribution in [0.5, 0.6) is 5.75 Å². The lowest BCUT2D eigenvalue weighted by molar-refractivity contribution is 0.0601. The molecule has 1 aromatic heterocycles. The van der Waals surface area contributed by atoms with Gasteiger partial charge in [0.25, 0.3) is 0 Å². The fraction of sp³-hybridized carbons (Fsp3) is 0.280. The zero-order chi connectivity index (χ0) is 24.1. The van der Waals surface area contributed by atoms with Crippen molar-refractivity contribution in [1.29, 1.82) is 0 Å². The number of anilines is 2. The molecule has 0 aliphatic carbocycles. The number of para-hydroxylation sites is 1. The molecule has 2 amide bonds. The van der Waals surface area contributed by atoms with Crippen molar-refractivity contribution in [2.45, 2.75) is 12.8 Å². The van der Waals surface area contributed by atoms with Crippen molar-refractivity contribution >= 4 is 46.3 Å². The number of ether oxygens (including phenoxy) is 1. The smallest absolute Gasteiger partial charge is 0.352 e. The maximum absolute atomic E-state index is 12.5. The van der Waals surface area contributed by atoms with Gasteiger partial charge in [-0.3, -0.25) is 5.11 Å². The number of methoxy groups -OCH3 is 1. The van der Waals surface area contributed by atoms with E-state index >= 15 is 0 Å². The summed E-state index contributed by atoms with van der Waals surface area (Å²) in [4.78, 5) is 26.7. The molecule has 4 rings (SSSR count). The van der Waals surface area contributed by atoms with Gasteiger partial charge >= 0.3 is 12.0 Å². The third-order valence-corrected chi connectivity index (χ3v) is 7.50. The van der Waals surface area contributed by atoms with Gasteiger partial charge < -0.3 is 20.3 Å². The summed E-state index contributed by atoms with van der Waals surface area (Å²) in [5, 5.41) is 18.7. The molecule has 1 aliphatic heterocycles. The second kappa shape index (κ2) is 10.8. The second-order valence-corrected chi connectivity index (χ2v) is 9.48. The average Bonchev–Trinajstić information content (AvgIpc) is 3.17.